The molecular formula is C20H18N4O2. The van der Waals surface area contributed by atoms with Gasteiger partial charge in [-0.2, -0.15) is 5.26 Å². The standard InChI is InChI=1S/C20H18N4O2/c1-24-12-11-22-20(24)19(15-7-3-2-4-8-15)23-18(25)14-26-17-10-6-5-9-16(17)13-21/h2-12,19H,14H2,1H3,(H,23,25)/t19-/m0/s1. The molecule has 0 fully saturated rings. The fourth-order valence-corrected chi connectivity index (χ4v) is 2.63. The number of rotatable bonds is 6. The van der Waals surface area contributed by atoms with Crippen molar-refractivity contribution in [1.82, 2.24) is 14.9 Å². The first-order valence-electron chi connectivity index (χ1n) is 8.12. The number of aromatic nitrogens is 2. The van der Waals surface area contributed by atoms with E-state index in [-0.39, 0.29) is 12.5 Å². The zero-order valence-electron chi connectivity index (χ0n) is 14.3. The summed E-state index contributed by atoms with van der Waals surface area (Å²) in [6.45, 7) is -0.188. The Morgan fingerprint density at radius 2 is 1.96 bits per heavy atom. The van der Waals surface area contributed by atoms with Crippen LogP contribution in [0.15, 0.2) is 67.0 Å². The molecule has 0 unspecified atom stereocenters. The number of ether oxygens (including phenoxy) is 1. The SMILES string of the molecule is Cn1ccnc1[C@@H](NC(=O)COc1ccccc1C#N)c1ccccc1. The molecule has 6 nitrogen and oxygen atoms in total. The maximum absolute atomic E-state index is 12.5. The van der Waals surface area contributed by atoms with Crippen molar-refractivity contribution in [2.75, 3.05) is 6.61 Å². The highest BCUT2D eigenvalue weighted by Crippen LogP contribution is 2.20. The largest absolute Gasteiger partial charge is 0.482 e. The second-order valence-electron chi connectivity index (χ2n) is 5.70. The van der Waals surface area contributed by atoms with Gasteiger partial charge in [0.05, 0.1) is 5.56 Å². The van der Waals surface area contributed by atoms with E-state index in [1.54, 1.807) is 30.5 Å². The van der Waals surface area contributed by atoms with Crippen molar-refractivity contribution >= 4 is 5.91 Å². The topological polar surface area (TPSA) is 79.9 Å². The number of aryl methyl sites for hydroxylation is 1. The number of amides is 1. The minimum absolute atomic E-state index is 0.188. The number of carbonyl (C=O) groups excluding carboxylic acids is 1. The van der Waals surface area contributed by atoms with E-state index in [1.807, 2.05) is 54.2 Å². The monoisotopic (exact) mass is 346 g/mol. The van der Waals surface area contributed by atoms with E-state index in [1.165, 1.54) is 0 Å². The third-order valence-electron chi connectivity index (χ3n) is 3.92. The molecule has 1 amide bonds. The predicted octanol–water partition coefficient (Wildman–Crippen LogP) is 2.58. The molecule has 130 valence electrons. The Morgan fingerprint density at radius 1 is 1.23 bits per heavy atom. The summed E-state index contributed by atoms with van der Waals surface area (Å²) in [6, 6.07) is 18.1. The molecule has 0 saturated heterocycles. The molecule has 1 N–H and O–H groups in total. The lowest BCUT2D eigenvalue weighted by molar-refractivity contribution is -0.123. The lowest BCUT2D eigenvalue weighted by Crippen LogP contribution is -2.34. The van der Waals surface area contributed by atoms with Crippen molar-refractivity contribution in [3.63, 3.8) is 0 Å². The van der Waals surface area contributed by atoms with Gasteiger partial charge in [0.2, 0.25) is 0 Å². The second-order valence-corrected chi connectivity index (χ2v) is 5.70. The van der Waals surface area contributed by atoms with Gasteiger partial charge in [0.1, 0.15) is 23.7 Å². The van der Waals surface area contributed by atoms with E-state index in [2.05, 4.69) is 10.3 Å². The smallest absolute Gasteiger partial charge is 0.258 e. The van der Waals surface area contributed by atoms with Gasteiger partial charge in [0.15, 0.2) is 6.61 Å². The van der Waals surface area contributed by atoms with Crippen molar-refractivity contribution < 1.29 is 9.53 Å². The van der Waals surface area contributed by atoms with Crippen LogP contribution in [-0.4, -0.2) is 22.1 Å². The summed E-state index contributed by atoms with van der Waals surface area (Å²) in [4.78, 5) is 16.8. The molecule has 1 heterocycles. The van der Waals surface area contributed by atoms with Gasteiger partial charge in [-0.25, -0.2) is 4.98 Å². The van der Waals surface area contributed by atoms with Gasteiger partial charge >= 0.3 is 0 Å². The summed E-state index contributed by atoms with van der Waals surface area (Å²) in [5.41, 5.74) is 1.32. The van der Waals surface area contributed by atoms with Crippen LogP contribution in [0.4, 0.5) is 0 Å². The molecule has 2 aromatic carbocycles. The van der Waals surface area contributed by atoms with E-state index < -0.39 is 6.04 Å². The molecule has 0 aliphatic heterocycles. The molecule has 0 aliphatic rings. The normalized spacial score (nSPS) is 11.4. The summed E-state index contributed by atoms with van der Waals surface area (Å²) < 4.78 is 7.38. The van der Waals surface area contributed by atoms with Gasteiger partial charge in [-0.1, -0.05) is 42.5 Å². The van der Waals surface area contributed by atoms with Crippen molar-refractivity contribution in [3.05, 3.63) is 83.9 Å². The van der Waals surface area contributed by atoms with Crippen LogP contribution in [0, 0.1) is 11.3 Å². The zero-order chi connectivity index (χ0) is 18.4. The Kier molecular flexibility index (Phi) is 5.30. The van der Waals surface area contributed by atoms with Crippen LogP contribution in [0.25, 0.3) is 0 Å². The van der Waals surface area contributed by atoms with Crippen LogP contribution in [0.3, 0.4) is 0 Å². The van der Waals surface area contributed by atoms with Crippen LogP contribution in [-0.2, 0) is 11.8 Å². The van der Waals surface area contributed by atoms with Crippen molar-refractivity contribution in [1.29, 1.82) is 5.26 Å². The zero-order valence-corrected chi connectivity index (χ0v) is 14.3. The van der Waals surface area contributed by atoms with E-state index in [9.17, 15) is 4.79 Å². The summed E-state index contributed by atoms with van der Waals surface area (Å²) >= 11 is 0. The number of nitriles is 1. The summed E-state index contributed by atoms with van der Waals surface area (Å²) in [7, 11) is 1.88. The number of imidazole rings is 1. The molecule has 0 radical (unpaired) electrons. The highest BCUT2D eigenvalue weighted by atomic mass is 16.5. The number of hydrogen-bond acceptors (Lipinski definition) is 4. The number of para-hydroxylation sites is 1. The fourth-order valence-electron chi connectivity index (χ4n) is 2.63. The number of hydrogen-bond donors (Lipinski definition) is 1. The molecule has 0 aliphatic carbocycles. The van der Waals surface area contributed by atoms with Gasteiger partial charge in [-0.3, -0.25) is 4.79 Å². The van der Waals surface area contributed by atoms with Crippen molar-refractivity contribution in [3.8, 4) is 11.8 Å². The molecule has 0 bridgehead atoms. The second kappa shape index (κ2) is 7.99. The molecule has 6 heteroatoms. The fraction of sp³-hybridized carbons (Fsp3) is 0.150. The number of nitrogens with zero attached hydrogens (tertiary/aromatic N) is 3. The van der Waals surface area contributed by atoms with E-state index in [0.29, 0.717) is 11.3 Å². The third-order valence-corrected chi connectivity index (χ3v) is 3.92. The molecule has 0 spiro atoms. The first kappa shape index (κ1) is 17.2. The lowest BCUT2D eigenvalue weighted by Gasteiger charge is -2.19. The van der Waals surface area contributed by atoms with Gasteiger partial charge in [0.25, 0.3) is 5.91 Å². The predicted molar refractivity (Wildman–Crippen MR) is 96.3 cm³/mol. The lowest BCUT2D eigenvalue weighted by atomic mass is 10.1. The van der Waals surface area contributed by atoms with Crippen LogP contribution < -0.4 is 10.1 Å². The Labute approximate surface area is 151 Å². The minimum atomic E-state index is -0.390. The molecule has 3 rings (SSSR count). The Hall–Kier alpha value is -3.59. The van der Waals surface area contributed by atoms with Gasteiger partial charge in [0, 0.05) is 19.4 Å². The molecule has 26 heavy (non-hydrogen) atoms. The number of carbonyl (C=O) groups is 1. The maximum atomic E-state index is 12.5. The quantitative estimate of drug-likeness (QED) is 0.744. The van der Waals surface area contributed by atoms with Crippen LogP contribution >= 0.6 is 0 Å². The van der Waals surface area contributed by atoms with Crippen LogP contribution in [0.2, 0.25) is 0 Å². The molecular weight excluding hydrogens is 328 g/mol. The average Bonchev–Trinajstić information content (AvgIpc) is 3.11. The van der Waals surface area contributed by atoms with E-state index >= 15 is 0 Å². The molecule has 0 saturated carbocycles. The number of benzene rings is 2. The van der Waals surface area contributed by atoms with Crippen molar-refractivity contribution in [2.45, 2.75) is 6.04 Å². The Bertz CT molecular complexity index is 928. The van der Waals surface area contributed by atoms with Gasteiger partial charge < -0.3 is 14.6 Å². The van der Waals surface area contributed by atoms with E-state index in [4.69, 9.17) is 10.00 Å². The van der Waals surface area contributed by atoms with Crippen LogP contribution in [0.1, 0.15) is 23.0 Å². The Balaban J connectivity index is 1.74. The van der Waals surface area contributed by atoms with Gasteiger partial charge in [-0.05, 0) is 17.7 Å². The van der Waals surface area contributed by atoms with Crippen LogP contribution in [0.5, 0.6) is 5.75 Å². The Morgan fingerprint density at radius 3 is 2.65 bits per heavy atom. The minimum Gasteiger partial charge on any atom is -0.482 e. The summed E-state index contributed by atoms with van der Waals surface area (Å²) in [5.74, 6) is 0.815. The van der Waals surface area contributed by atoms with Crippen molar-refractivity contribution in [2.24, 2.45) is 7.05 Å². The van der Waals surface area contributed by atoms with Gasteiger partial charge in [-0.15, -0.1) is 0 Å². The molecule has 1 atom stereocenters. The third kappa shape index (κ3) is 3.90. The molecule has 3 aromatic rings. The first-order valence-corrected chi connectivity index (χ1v) is 8.12. The number of nitrogens with one attached hydrogen (secondary N) is 1. The highest BCUT2D eigenvalue weighted by molar-refractivity contribution is 5.78. The van der Waals surface area contributed by atoms with E-state index in [0.717, 1.165) is 11.4 Å². The molecule has 1 aromatic heterocycles. The summed E-state index contributed by atoms with van der Waals surface area (Å²) in [6.07, 6.45) is 3.52. The average molecular weight is 346 g/mol. The first-order chi connectivity index (χ1) is 12.7. The highest BCUT2D eigenvalue weighted by Gasteiger charge is 2.20. The summed E-state index contributed by atoms with van der Waals surface area (Å²) in [5, 5.41) is 12.0. The maximum Gasteiger partial charge on any atom is 0.258 e.